The summed E-state index contributed by atoms with van der Waals surface area (Å²) in [6.07, 6.45) is 8.31. The van der Waals surface area contributed by atoms with E-state index in [9.17, 15) is 0 Å². The molecule has 0 amide bonds. The number of hydrogen-bond acceptors (Lipinski definition) is 2. The van der Waals surface area contributed by atoms with Gasteiger partial charge in [-0.25, -0.2) is 0 Å². The standard InChI is InChI=1S/C15H30N2/c1-11-7-6-8-12(2)15(11)17-10-5-4-9-14(17)13(3)16/h11-15H,4-10,16H2,1-3H3. The molecule has 0 aromatic rings. The minimum absolute atomic E-state index is 0.330. The molecule has 100 valence electrons. The SMILES string of the molecule is CC(N)C1CCCCN1C1C(C)CCCC1C. The Morgan fingerprint density at radius 3 is 2.24 bits per heavy atom. The first-order valence-electron chi connectivity index (χ1n) is 7.62. The zero-order valence-corrected chi connectivity index (χ0v) is 11.9. The van der Waals surface area contributed by atoms with Crippen LogP contribution in [0.15, 0.2) is 0 Å². The maximum absolute atomic E-state index is 6.21. The van der Waals surface area contributed by atoms with E-state index in [0.717, 1.165) is 17.9 Å². The Bertz CT molecular complexity index is 229. The zero-order chi connectivity index (χ0) is 12.4. The molecule has 1 aliphatic carbocycles. The van der Waals surface area contributed by atoms with E-state index in [4.69, 9.17) is 5.73 Å². The third kappa shape index (κ3) is 2.85. The molecule has 2 nitrogen and oxygen atoms in total. The van der Waals surface area contributed by atoms with E-state index in [1.807, 2.05) is 0 Å². The Morgan fingerprint density at radius 2 is 1.65 bits per heavy atom. The molecule has 1 heterocycles. The molecule has 1 aliphatic heterocycles. The second-order valence-corrected chi connectivity index (χ2v) is 6.54. The lowest BCUT2D eigenvalue weighted by molar-refractivity contribution is 0.00682. The van der Waals surface area contributed by atoms with Crippen molar-refractivity contribution in [3.05, 3.63) is 0 Å². The first-order valence-corrected chi connectivity index (χ1v) is 7.62. The number of rotatable bonds is 2. The van der Waals surface area contributed by atoms with E-state index >= 15 is 0 Å². The summed E-state index contributed by atoms with van der Waals surface area (Å²) in [7, 11) is 0. The minimum atomic E-state index is 0.330. The highest BCUT2D eigenvalue weighted by molar-refractivity contribution is 4.93. The average molecular weight is 238 g/mol. The molecule has 17 heavy (non-hydrogen) atoms. The molecule has 1 saturated heterocycles. The fourth-order valence-electron chi connectivity index (χ4n) is 4.23. The molecule has 4 unspecified atom stereocenters. The molecule has 0 radical (unpaired) electrons. The van der Waals surface area contributed by atoms with Crippen LogP contribution in [-0.4, -0.2) is 29.6 Å². The van der Waals surface area contributed by atoms with E-state index in [0.29, 0.717) is 12.1 Å². The van der Waals surface area contributed by atoms with Crippen LogP contribution in [0.4, 0.5) is 0 Å². The average Bonchev–Trinajstić information content (AvgIpc) is 2.29. The van der Waals surface area contributed by atoms with Gasteiger partial charge in [-0.15, -0.1) is 0 Å². The maximum Gasteiger partial charge on any atom is 0.0247 e. The number of nitrogens with zero attached hydrogens (tertiary/aromatic N) is 1. The van der Waals surface area contributed by atoms with Crippen molar-refractivity contribution in [3.63, 3.8) is 0 Å². The van der Waals surface area contributed by atoms with Crippen molar-refractivity contribution < 1.29 is 0 Å². The fraction of sp³-hybridized carbons (Fsp3) is 1.00. The lowest BCUT2D eigenvalue weighted by Gasteiger charge is -2.49. The third-order valence-electron chi connectivity index (χ3n) is 5.07. The molecule has 0 spiro atoms. The largest absolute Gasteiger partial charge is 0.327 e. The molecular weight excluding hydrogens is 208 g/mol. The van der Waals surface area contributed by atoms with Gasteiger partial charge in [0.2, 0.25) is 0 Å². The zero-order valence-electron chi connectivity index (χ0n) is 11.9. The van der Waals surface area contributed by atoms with Crippen LogP contribution >= 0.6 is 0 Å². The molecule has 0 bridgehead atoms. The van der Waals surface area contributed by atoms with Gasteiger partial charge in [0.05, 0.1) is 0 Å². The number of piperidine rings is 1. The molecule has 0 aromatic carbocycles. The van der Waals surface area contributed by atoms with Crippen LogP contribution in [0.2, 0.25) is 0 Å². The topological polar surface area (TPSA) is 29.3 Å². The highest BCUT2D eigenvalue weighted by atomic mass is 15.2. The van der Waals surface area contributed by atoms with Gasteiger partial charge < -0.3 is 5.73 Å². The van der Waals surface area contributed by atoms with Crippen molar-refractivity contribution in [2.24, 2.45) is 17.6 Å². The molecular formula is C15H30N2. The van der Waals surface area contributed by atoms with Crippen LogP contribution in [0.5, 0.6) is 0 Å². The Morgan fingerprint density at radius 1 is 1.00 bits per heavy atom. The first-order chi connectivity index (χ1) is 8.11. The molecule has 2 rings (SSSR count). The highest BCUT2D eigenvalue weighted by Crippen LogP contribution is 2.36. The van der Waals surface area contributed by atoms with Gasteiger partial charge in [-0.05, 0) is 51.0 Å². The van der Waals surface area contributed by atoms with Crippen molar-refractivity contribution >= 4 is 0 Å². The smallest absolute Gasteiger partial charge is 0.0247 e. The van der Waals surface area contributed by atoms with Gasteiger partial charge in [-0.2, -0.15) is 0 Å². The lowest BCUT2D eigenvalue weighted by Crippen LogP contribution is -2.57. The van der Waals surface area contributed by atoms with Gasteiger partial charge in [-0.1, -0.05) is 26.7 Å². The van der Waals surface area contributed by atoms with Crippen molar-refractivity contribution in [1.82, 2.24) is 4.90 Å². The van der Waals surface area contributed by atoms with Crippen LogP contribution in [-0.2, 0) is 0 Å². The summed E-state index contributed by atoms with van der Waals surface area (Å²) in [5.74, 6) is 1.72. The summed E-state index contributed by atoms with van der Waals surface area (Å²) in [5, 5.41) is 0. The van der Waals surface area contributed by atoms with Crippen molar-refractivity contribution in [1.29, 1.82) is 0 Å². The molecule has 0 aromatic heterocycles. The first kappa shape index (κ1) is 13.4. The Labute approximate surface area is 107 Å². The van der Waals surface area contributed by atoms with Gasteiger partial charge in [0.25, 0.3) is 0 Å². The normalized spacial score (nSPS) is 42.4. The quantitative estimate of drug-likeness (QED) is 0.801. The van der Waals surface area contributed by atoms with E-state index in [1.165, 1.54) is 45.1 Å². The summed E-state index contributed by atoms with van der Waals surface area (Å²) in [4.78, 5) is 2.78. The second-order valence-electron chi connectivity index (χ2n) is 6.54. The van der Waals surface area contributed by atoms with Gasteiger partial charge in [0, 0.05) is 18.1 Å². The number of nitrogens with two attached hydrogens (primary N) is 1. The molecule has 2 heteroatoms. The number of likely N-dealkylation sites (tertiary alicyclic amines) is 1. The minimum Gasteiger partial charge on any atom is -0.327 e. The molecule has 1 saturated carbocycles. The summed E-state index contributed by atoms with van der Waals surface area (Å²) in [6.45, 7) is 8.38. The van der Waals surface area contributed by atoms with E-state index in [1.54, 1.807) is 0 Å². The third-order valence-corrected chi connectivity index (χ3v) is 5.07. The summed E-state index contributed by atoms with van der Waals surface area (Å²) < 4.78 is 0. The van der Waals surface area contributed by atoms with Crippen LogP contribution < -0.4 is 5.73 Å². The van der Waals surface area contributed by atoms with Crippen molar-refractivity contribution in [2.75, 3.05) is 6.54 Å². The predicted octanol–water partition coefficient (Wildman–Crippen LogP) is 3.01. The van der Waals surface area contributed by atoms with Gasteiger partial charge in [-0.3, -0.25) is 4.90 Å². The Hall–Kier alpha value is -0.0800. The van der Waals surface area contributed by atoms with E-state index in [2.05, 4.69) is 25.7 Å². The Balaban J connectivity index is 2.11. The van der Waals surface area contributed by atoms with Crippen LogP contribution in [0.1, 0.15) is 59.3 Å². The van der Waals surface area contributed by atoms with Crippen molar-refractivity contribution in [3.8, 4) is 0 Å². The Kier molecular flexibility index (Phi) is 4.48. The summed E-state index contributed by atoms with van der Waals surface area (Å²) in [5.41, 5.74) is 6.21. The van der Waals surface area contributed by atoms with Crippen molar-refractivity contribution in [2.45, 2.75) is 77.4 Å². The van der Waals surface area contributed by atoms with E-state index in [-0.39, 0.29) is 0 Å². The van der Waals surface area contributed by atoms with Crippen LogP contribution in [0.3, 0.4) is 0 Å². The highest BCUT2D eigenvalue weighted by Gasteiger charge is 2.37. The molecule has 2 N–H and O–H groups in total. The van der Waals surface area contributed by atoms with Gasteiger partial charge in [0.15, 0.2) is 0 Å². The van der Waals surface area contributed by atoms with Crippen LogP contribution in [0.25, 0.3) is 0 Å². The maximum atomic E-state index is 6.21. The monoisotopic (exact) mass is 238 g/mol. The summed E-state index contributed by atoms with van der Waals surface area (Å²) >= 11 is 0. The fourth-order valence-corrected chi connectivity index (χ4v) is 4.23. The lowest BCUT2D eigenvalue weighted by atomic mass is 9.76. The second kappa shape index (κ2) is 5.71. The molecule has 2 fully saturated rings. The van der Waals surface area contributed by atoms with E-state index < -0.39 is 0 Å². The number of hydrogen-bond donors (Lipinski definition) is 1. The molecule has 2 aliphatic rings. The van der Waals surface area contributed by atoms with Gasteiger partial charge in [0.1, 0.15) is 0 Å². The predicted molar refractivity (Wildman–Crippen MR) is 74.0 cm³/mol. The summed E-state index contributed by atoms with van der Waals surface area (Å²) in [6, 6.07) is 1.76. The molecule has 4 atom stereocenters. The van der Waals surface area contributed by atoms with Gasteiger partial charge >= 0.3 is 0 Å². The van der Waals surface area contributed by atoms with Crippen LogP contribution in [0, 0.1) is 11.8 Å².